The number of ether oxygens (including phenoxy) is 1. The van der Waals surface area contributed by atoms with E-state index >= 15 is 0 Å². The number of benzene rings is 1. The van der Waals surface area contributed by atoms with Crippen LogP contribution in [0.1, 0.15) is 29.6 Å². The van der Waals surface area contributed by atoms with Crippen molar-refractivity contribution in [3.05, 3.63) is 70.1 Å². The molecule has 3 atom stereocenters. The lowest BCUT2D eigenvalue weighted by Gasteiger charge is -2.37. The summed E-state index contributed by atoms with van der Waals surface area (Å²) >= 11 is 0. The van der Waals surface area contributed by atoms with Gasteiger partial charge in [0, 0.05) is 18.2 Å². The number of nitro benzene ring substituents is 1. The first kappa shape index (κ1) is 14.7. The lowest BCUT2D eigenvalue weighted by Crippen LogP contribution is -2.30. The van der Waals surface area contributed by atoms with Crippen molar-refractivity contribution >= 4 is 11.4 Å². The summed E-state index contributed by atoms with van der Waals surface area (Å²) < 4.78 is 5.42. The number of rotatable bonds is 3. The molecule has 1 N–H and O–H groups in total. The van der Waals surface area contributed by atoms with Crippen LogP contribution in [0.25, 0.3) is 0 Å². The van der Waals surface area contributed by atoms with E-state index in [-0.39, 0.29) is 22.6 Å². The first-order valence-corrected chi connectivity index (χ1v) is 7.89. The summed E-state index contributed by atoms with van der Waals surface area (Å²) in [6.45, 7) is 0. The van der Waals surface area contributed by atoms with Crippen LogP contribution >= 0.6 is 0 Å². The third kappa shape index (κ3) is 2.22. The zero-order valence-corrected chi connectivity index (χ0v) is 13.2. The molecular formula is C18H17N3O3. The fourth-order valence-corrected chi connectivity index (χ4v) is 3.77. The van der Waals surface area contributed by atoms with Gasteiger partial charge in [0.05, 0.1) is 35.5 Å². The maximum absolute atomic E-state index is 11.2. The van der Waals surface area contributed by atoms with E-state index in [0.717, 1.165) is 23.4 Å². The van der Waals surface area contributed by atoms with E-state index < -0.39 is 0 Å². The van der Waals surface area contributed by atoms with E-state index in [0.29, 0.717) is 11.7 Å². The van der Waals surface area contributed by atoms with Gasteiger partial charge in [-0.3, -0.25) is 15.1 Å². The molecule has 2 heterocycles. The molecule has 3 unspecified atom stereocenters. The van der Waals surface area contributed by atoms with Gasteiger partial charge in [-0.25, -0.2) is 0 Å². The fourth-order valence-electron chi connectivity index (χ4n) is 3.77. The molecule has 0 bridgehead atoms. The SMILES string of the molecule is COc1cc([N+](=O)[O-])cc2c1NC(c1ccccn1)C1CC=CC21. The molecule has 1 aromatic carbocycles. The molecule has 1 aliphatic carbocycles. The van der Waals surface area contributed by atoms with Crippen molar-refractivity contribution < 1.29 is 9.66 Å². The number of methoxy groups -OCH3 is 1. The number of nitrogens with one attached hydrogen (secondary N) is 1. The number of aromatic nitrogens is 1. The number of nitrogens with zero attached hydrogens (tertiary/aromatic N) is 2. The van der Waals surface area contributed by atoms with Gasteiger partial charge < -0.3 is 10.1 Å². The summed E-state index contributed by atoms with van der Waals surface area (Å²) in [6.07, 6.45) is 7.00. The van der Waals surface area contributed by atoms with Crippen molar-refractivity contribution in [2.45, 2.75) is 18.4 Å². The number of hydrogen-bond acceptors (Lipinski definition) is 5. The Bertz CT molecular complexity index is 820. The van der Waals surface area contributed by atoms with Crippen molar-refractivity contribution in [3.63, 3.8) is 0 Å². The van der Waals surface area contributed by atoms with Crippen molar-refractivity contribution in [1.29, 1.82) is 0 Å². The van der Waals surface area contributed by atoms with Crippen molar-refractivity contribution in [2.75, 3.05) is 12.4 Å². The lowest BCUT2D eigenvalue weighted by atomic mass is 9.78. The molecule has 0 spiro atoms. The average molecular weight is 323 g/mol. The molecule has 1 aliphatic heterocycles. The third-order valence-corrected chi connectivity index (χ3v) is 4.85. The van der Waals surface area contributed by atoms with Crippen LogP contribution in [0.5, 0.6) is 5.75 Å². The van der Waals surface area contributed by atoms with E-state index in [1.807, 2.05) is 18.2 Å². The van der Waals surface area contributed by atoms with Crippen LogP contribution in [0.4, 0.5) is 11.4 Å². The summed E-state index contributed by atoms with van der Waals surface area (Å²) in [4.78, 5) is 15.4. The second-order valence-corrected chi connectivity index (χ2v) is 6.10. The molecule has 1 aromatic heterocycles. The minimum atomic E-state index is -0.374. The molecule has 6 heteroatoms. The summed E-state index contributed by atoms with van der Waals surface area (Å²) in [5, 5.41) is 14.8. The Labute approximate surface area is 139 Å². The molecule has 0 fully saturated rings. The van der Waals surface area contributed by atoms with E-state index in [2.05, 4.69) is 22.5 Å². The second-order valence-electron chi connectivity index (χ2n) is 6.10. The van der Waals surface area contributed by atoms with Crippen molar-refractivity contribution in [1.82, 2.24) is 4.98 Å². The first-order chi connectivity index (χ1) is 11.7. The van der Waals surface area contributed by atoms with E-state index in [1.165, 1.54) is 13.2 Å². The van der Waals surface area contributed by atoms with Gasteiger partial charge in [0.1, 0.15) is 5.75 Å². The highest BCUT2D eigenvalue weighted by Crippen LogP contribution is 2.52. The van der Waals surface area contributed by atoms with Crippen LogP contribution in [0.15, 0.2) is 48.7 Å². The van der Waals surface area contributed by atoms with Gasteiger partial charge in [0.15, 0.2) is 0 Å². The van der Waals surface area contributed by atoms with Crippen LogP contribution in [-0.2, 0) is 0 Å². The second kappa shape index (κ2) is 5.63. The van der Waals surface area contributed by atoms with E-state index in [1.54, 1.807) is 12.3 Å². The van der Waals surface area contributed by atoms with Crippen molar-refractivity contribution in [3.8, 4) is 5.75 Å². The van der Waals surface area contributed by atoms with Gasteiger partial charge in [-0.1, -0.05) is 18.2 Å². The highest BCUT2D eigenvalue weighted by Gasteiger charge is 2.40. The van der Waals surface area contributed by atoms with E-state index in [4.69, 9.17) is 4.74 Å². The first-order valence-electron chi connectivity index (χ1n) is 7.89. The average Bonchev–Trinajstić information content (AvgIpc) is 3.10. The standard InChI is InChI=1S/C18H17N3O3/c1-24-16-10-11(21(22)23)9-14-12-5-4-6-13(12)17(20-18(14)16)15-7-2-3-8-19-15/h2-5,7-10,12-13,17,20H,6H2,1H3. The highest BCUT2D eigenvalue weighted by atomic mass is 16.6. The number of non-ortho nitro benzene ring substituents is 1. The highest BCUT2D eigenvalue weighted by molar-refractivity contribution is 5.70. The zero-order valence-electron chi connectivity index (χ0n) is 13.2. The Morgan fingerprint density at radius 1 is 1.38 bits per heavy atom. The van der Waals surface area contributed by atoms with Crippen LogP contribution in [0.2, 0.25) is 0 Å². The molecule has 0 radical (unpaired) electrons. The number of pyridine rings is 1. The Morgan fingerprint density at radius 2 is 2.25 bits per heavy atom. The summed E-state index contributed by atoms with van der Waals surface area (Å²) in [6, 6.07) is 9.07. The molecule has 0 amide bonds. The fraction of sp³-hybridized carbons (Fsp3) is 0.278. The molecule has 0 saturated carbocycles. The Hall–Kier alpha value is -2.89. The van der Waals surface area contributed by atoms with Gasteiger partial charge in [0.2, 0.25) is 0 Å². The van der Waals surface area contributed by atoms with Gasteiger partial charge >= 0.3 is 0 Å². The van der Waals surface area contributed by atoms with Crippen LogP contribution in [0.3, 0.4) is 0 Å². The maximum Gasteiger partial charge on any atom is 0.273 e. The Morgan fingerprint density at radius 3 is 2.96 bits per heavy atom. The minimum Gasteiger partial charge on any atom is -0.494 e. The van der Waals surface area contributed by atoms with E-state index in [9.17, 15) is 10.1 Å². The third-order valence-electron chi connectivity index (χ3n) is 4.85. The summed E-state index contributed by atoms with van der Waals surface area (Å²) in [5.41, 5.74) is 2.78. The predicted molar refractivity (Wildman–Crippen MR) is 90.2 cm³/mol. The Kier molecular flexibility index (Phi) is 3.45. The van der Waals surface area contributed by atoms with Crippen LogP contribution < -0.4 is 10.1 Å². The van der Waals surface area contributed by atoms with Gasteiger partial charge in [0.25, 0.3) is 5.69 Å². The number of anilines is 1. The number of allylic oxidation sites excluding steroid dienone is 2. The number of hydrogen-bond donors (Lipinski definition) is 1. The molecule has 2 aliphatic rings. The van der Waals surface area contributed by atoms with Gasteiger partial charge in [-0.2, -0.15) is 0 Å². The monoisotopic (exact) mass is 323 g/mol. The topological polar surface area (TPSA) is 77.3 Å². The number of nitro groups is 1. The summed E-state index contributed by atoms with van der Waals surface area (Å²) in [5.74, 6) is 0.917. The number of fused-ring (bicyclic) bond motifs is 3. The molecule has 2 aromatic rings. The molecule has 0 saturated heterocycles. The van der Waals surface area contributed by atoms with Gasteiger partial charge in [-0.15, -0.1) is 0 Å². The molecule has 6 nitrogen and oxygen atoms in total. The largest absolute Gasteiger partial charge is 0.494 e. The molecular weight excluding hydrogens is 306 g/mol. The zero-order chi connectivity index (χ0) is 16.7. The van der Waals surface area contributed by atoms with Crippen molar-refractivity contribution in [2.24, 2.45) is 5.92 Å². The van der Waals surface area contributed by atoms with Gasteiger partial charge in [-0.05, 0) is 30.0 Å². The Balaban J connectivity index is 1.86. The maximum atomic E-state index is 11.2. The molecule has 24 heavy (non-hydrogen) atoms. The predicted octanol–water partition coefficient (Wildman–Crippen LogP) is 3.82. The smallest absolute Gasteiger partial charge is 0.273 e. The minimum absolute atomic E-state index is 0.0501. The normalized spacial score (nSPS) is 24.0. The lowest BCUT2D eigenvalue weighted by molar-refractivity contribution is -0.385. The summed E-state index contributed by atoms with van der Waals surface area (Å²) in [7, 11) is 1.54. The molecule has 4 rings (SSSR count). The molecule has 122 valence electrons. The quantitative estimate of drug-likeness (QED) is 0.528. The van der Waals surface area contributed by atoms with Crippen LogP contribution in [0, 0.1) is 16.0 Å². The van der Waals surface area contributed by atoms with Crippen LogP contribution in [-0.4, -0.2) is 17.0 Å².